The van der Waals surface area contributed by atoms with E-state index in [9.17, 15) is 9.59 Å². The molecule has 2 N–H and O–H groups in total. The minimum atomic E-state index is -0.581. The Bertz CT molecular complexity index is 1170. The van der Waals surface area contributed by atoms with Crippen LogP contribution in [0.25, 0.3) is 0 Å². The molecular weight excluding hydrogens is 414 g/mol. The van der Waals surface area contributed by atoms with Crippen molar-refractivity contribution < 1.29 is 14.3 Å². The third-order valence-corrected chi connectivity index (χ3v) is 5.59. The summed E-state index contributed by atoms with van der Waals surface area (Å²) in [6.07, 6.45) is 0.938. The Kier molecular flexibility index (Phi) is 6.95. The molecule has 4 rings (SSSR count). The first-order valence-electron chi connectivity index (χ1n) is 11.1. The van der Waals surface area contributed by atoms with Gasteiger partial charge in [0.1, 0.15) is 5.92 Å². The first-order valence-corrected chi connectivity index (χ1v) is 11.1. The second-order valence-corrected chi connectivity index (χ2v) is 7.83. The SMILES string of the molecule is CCOC(=O)c1ccc2c(c1)NC(=O)C2C(=Nc1ccc(CCNC)cc1)c1ccccc1. The lowest BCUT2D eigenvalue weighted by Crippen LogP contribution is -2.21. The lowest BCUT2D eigenvalue weighted by Gasteiger charge is -2.14. The fourth-order valence-electron chi connectivity index (χ4n) is 3.93. The molecule has 0 bridgehead atoms. The molecular formula is C27H27N3O3. The average molecular weight is 442 g/mol. The molecule has 33 heavy (non-hydrogen) atoms. The standard InChI is InChI=1S/C27H27N3O3/c1-3-33-27(32)20-11-14-22-23(17-20)30-26(31)24(22)25(19-7-5-4-6-8-19)29-21-12-9-18(10-13-21)15-16-28-2/h4-14,17,24,28H,3,15-16H2,1-2H3,(H,30,31). The highest BCUT2D eigenvalue weighted by Crippen LogP contribution is 2.37. The van der Waals surface area contributed by atoms with Crippen LogP contribution in [0.2, 0.25) is 0 Å². The number of anilines is 1. The van der Waals surface area contributed by atoms with Gasteiger partial charge in [-0.05, 0) is 67.9 Å². The van der Waals surface area contributed by atoms with Crippen LogP contribution in [0.5, 0.6) is 0 Å². The molecule has 3 aromatic carbocycles. The highest BCUT2D eigenvalue weighted by molar-refractivity contribution is 6.24. The van der Waals surface area contributed by atoms with Gasteiger partial charge >= 0.3 is 5.97 Å². The predicted octanol–water partition coefficient (Wildman–Crippen LogP) is 4.48. The number of esters is 1. The number of benzene rings is 3. The van der Waals surface area contributed by atoms with Crippen LogP contribution >= 0.6 is 0 Å². The number of carbonyl (C=O) groups excluding carboxylic acids is 2. The molecule has 0 saturated heterocycles. The molecule has 0 radical (unpaired) electrons. The number of nitrogens with one attached hydrogen (secondary N) is 2. The lowest BCUT2D eigenvalue weighted by molar-refractivity contribution is -0.115. The highest BCUT2D eigenvalue weighted by atomic mass is 16.5. The second-order valence-electron chi connectivity index (χ2n) is 7.83. The summed E-state index contributed by atoms with van der Waals surface area (Å²) in [5.41, 5.74) is 5.36. The summed E-state index contributed by atoms with van der Waals surface area (Å²) >= 11 is 0. The Morgan fingerprint density at radius 3 is 2.48 bits per heavy atom. The highest BCUT2D eigenvalue weighted by Gasteiger charge is 2.36. The van der Waals surface area contributed by atoms with Gasteiger partial charge in [-0.15, -0.1) is 0 Å². The topological polar surface area (TPSA) is 79.8 Å². The molecule has 1 heterocycles. The van der Waals surface area contributed by atoms with Gasteiger partial charge in [0.05, 0.1) is 23.6 Å². The van der Waals surface area contributed by atoms with Gasteiger partial charge in [-0.2, -0.15) is 0 Å². The van der Waals surface area contributed by atoms with Crippen molar-refractivity contribution in [3.8, 4) is 0 Å². The Morgan fingerprint density at radius 1 is 1.03 bits per heavy atom. The lowest BCUT2D eigenvalue weighted by atomic mass is 9.90. The number of hydrogen-bond acceptors (Lipinski definition) is 5. The summed E-state index contributed by atoms with van der Waals surface area (Å²) < 4.78 is 5.09. The van der Waals surface area contributed by atoms with Crippen molar-refractivity contribution in [1.82, 2.24) is 5.32 Å². The zero-order valence-corrected chi connectivity index (χ0v) is 18.8. The molecule has 0 aromatic heterocycles. The Hall–Kier alpha value is -3.77. The molecule has 1 aliphatic heterocycles. The number of carbonyl (C=O) groups is 2. The number of fused-ring (bicyclic) bond motifs is 1. The average Bonchev–Trinajstić information content (AvgIpc) is 3.17. The van der Waals surface area contributed by atoms with Gasteiger partial charge in [0, 0.05) is 5.69 Å². The van der Waals surface area contributed by atoms with Gasteiger partial charge in [0.25, 0.3) is 0 Å². The summed E-state index contributed by atoms with van der Waals surface area (Å²) in [5.74, 6) is -1.16. The van der Waals surface area contributed by atoms with Gasteiger partial charge in [0.2, 0.25) is 5.91 Å². The van der Waals surface area contributed by atoms with E-state index in [0.717, 1.165) is 29.8 Å². The van der Waals surface area contributed by atoms with E-state index in [-0.39, 0.29) is 5.91 Å². The van der Waals surface area contributed by atoms with Gasteiger partial charge in [0.15, 0.2) is 0 Å². The van der Waals surface area contributed by atoms with E-state index in [1.807, 2.05) is 55.6 Å². The monoisotopic (exact) mass is 441 g/mol. The largest absolute Gasteiger partial charge is 0.462 e. The van der Waals surface area contributed by atoms with Crippen LogP contribution < -0.4 is 10.6 Å². The Balaban J connectivity index is 1.73. The maximum Gasteiger partial charge on any atom is 0.338 e. The van der Waals surface area contributed by atoms with Crippen LogP contribution in [-0.4, -0.2) is 37.8 Å². The van der Waals surface area contributed by atoms with Crippen LogP contribution in [0.15, 0.2) is 77.8 Å². The van der Waals surface area contributed by atoms with E-state index >= 15 is 0 Å². The van der Waals surface area contributed by atoms with Crippen LogP contribution in [0.3, 0.4) is 0 Å². The molecule has 0 fully saturated rings. The number of nitrogens with zero attached hydrogens (tertiary/aromatic N) is 1. The number of likely N-dealkylation sites (N-methyl/N-ethyl adjacent to an activating group) is 1. The van der Waals surface area contributed by atoms with E-state index in [1.54, 1.807) is 19.1 Å². The number of hydrogen-bond donors (Lipinski definition) is 2. The fourth-order valence-corrected chi connectivity index (χ4v) is 3.93. The summed E-state index contributed by atoms with van der Waals surface area (Å²) in [7, 11) is 1.94. The van der Waals surface area contributed by atoms with Crippen LogP contribution in [0.1, 0.15) is 39.9 Å². The fraction of sp³-hybridized carbons (Fsp3) is 0.222. The molecule has 0 aliphatic carbocycles. The van der Waals surface area contributed by atoms with Crippen molar-refractivity contribution in [3.05, 3.63) is 95.1 Å². The zero-order chi connectivity index (χ0) is 23.2. The Labute approximate surface area is 193 Å². The van der Waals surface area contributed by atoms with Gasteiger partial charge < -0.3 is 15.4 Å². The van der Waals surface area contributed by atoms with Gasteiger partial charge in [-0.25, -0.2) is 4.79 Å². The molecule has 6 heteroatoms. The molecule has 1 amide bonds. The van der Waals surface area contributed by atoms with E-state index in [0.29, 0.717) is 23.6 Å². The first kappa shape index (κ1) is 22.4. The molecule has 0 spiro atoms. The summed E-state index contributed by atoms with van der Waals surface area (Å²) in [6, 6.07) is 23.0. The smallest absolute Gasteiger partial charge is 0.338 e. The van der Waals surface area contributed by atoms with E-state index in [4.69, 9.17) is 9.73 Å². The normalized spacial score (nSPS) is 15.2. The first-order chi connectivity index (χ1) is 16.1. The molecule has 6 nitrogen and oxygen atoms in total. The number of aliphatic imine (C=N–C) groups is 1. The van der Waals surface area contributed by atoms with Crippen LogP contribution in [-0.2, 0) is 16.0 Å². The third-order valence-electron chi connectivity index (χ3n) is 5.59. The van der Waals surface area contributed by atoms with E-state index < -0.39 is 11.9 Å². The van der Waals surface area contributed by atoms with Crippen molar-refractivity contribution in [2.24, 2.45) is 4.99 Å². The molecule has 1 aliphatic rings. The molecule has 1 atom stereocenters. The maximum atomic E-state index is 13.1. The molecule has 168 valence electrons. The van der Waals surface area contributed by atoms with Gasteiger partial charge in [-0.1, -0.05) is 48.5 Å². The number of rotatable bonds is 8. The van der Waals surface area contributed by atoms with Crippen LogP contribution in [0, 0.1) is 0 Å². The predicted molar refractivity (Wildman–Crippen MR) is 130 cm³/mol. The van der Waals surface area contributed by atoms with Crippen molar-refractivity contribution in [2.45, 2.75) is 19.3 Å². The minimum absolute atomic E-state index is 0.167. The van der Waals surface area contributed by atoms with Crippen molar-refractivity contribution in [3.63, 3.8) is 0 Å². The summed E-state index contributed by atoms with van der Waals surface area (Å²) in [4.78, 5) is 30.2. The third kappa shape index (κ3) is 5.02. The van der Waals surface area contributed by atoms with Crippen LogP contribution in [0.4, 0.5) is 11.4 Å². The van der Waals surface area contributed by atoms with Crippen molar-refractivity contribution in [1.29, 1.82) is 0 Å². The molecule has 0 saturated carbocycles. The van der Waals surface area contributed by atoms with Gasteiger partial charge in [-0.3, -0.25) is 9.79 Å². The summed E-state index contributed by atoms with van der Waals surface area (Å²) in [5, 5.41) is 6.07. The number of amides is 1. The number of ether oxygens (including phenoxy) is 1. The van der Waals surface area contributed by atoms with E-state index in [2.05, 4.69) is 22.8 Å². The second kappa shape index (κ2) is 10.2. The van der Waals surface area contributed by atoms with Crippen molar-refractivity contribution in [2.75, 3.05) is 25.5 Å². The van der Waals surface area contributed by atoms with E-state index in [1.165, 1.54) is 5.56 Å². The summed E-state index contributed by atoms with van der Waals surface area (Å²) in [6.45, 7) is 2.97. The molecule has 1 unspecified atom stereocenters. The molecule has 3 aromatic rings. The maximum absolute atomic E-state index is 13.1. The Morgan fingerprint density at radius 2 is 1.79 bits per heavy atom. The zero-order valence-electron chi connectivity index (χ0n) is 18.8. The minimum Gasteiger partial charge on any atom is -0.462 e. The quantitative estimate of drug-likeness (QED) is 0.399. The van der Waals surface area contributed by atoms with Crippen molar-refractivity contribution >= 4 is 29.0 Å².